The van der Waals surface area contributed by atoms with Crippen molar-refractivity contribution in [3.05, 3.63) is 56.8 Å². The van der Waals surface area contributed by atoms with Crippen LogP contribution in [-0.4, -0.2) is 10.4 Å². The van der Waals surface area contributed by atoms with E-state index in [-0.39, 0.29) is 17.2 Å². The summed E-state index contributed by atoms with van der Waals surface area (Å²) < 4.78 is 6.96. The molecule has 3 rings (SSSR count). The van der Waals surface area contributed by atoms with Crippen molar-refractivity contribution in [2.75, 3.05) is 0 Å². The van der Waals surface area contributed by atoms with E-state index < -0.39 is 0 Å². The van der Waals surface area contributed by atoms with Crippen LogP contribution >= 0.6 is 11.3 Å². The van der Waals surface area contributed by atoms with Crippen molar-refractivity contribution in [3.63, 3.8) is 0 Å². The average Bonchev–Trinajstić information content (AvgIpc) is 2.97. The smallest absolute Gasteiger partial charge is 0.307 e. The van der Waals surface area contributed by atoms with Crippen LogP contribution in [0.4, 0.5) is 0 Å². The zero-order valence-electron chi connectivity index (χ0n) is 10.3. The summed E-state index contributed by atoms with van der Waals surface area (Å²) in [6.07, 6.45) is 0. The van der Waals surface area contributed by atoms with Gasteiger partial charge in [0.05, 0.1) is 6.54 Å². The minimum absolute atomic E-state index is 0.0218. The molecule has 2 heterocycles. The third-order valence-electron chi connectivity index (χ3n) is 2.98. The number of Topliss-reactive ketones (excluding diaryl/α,β-unsaturated/α-hetero) is 1. The van der Waals surface area contributed by atoms with Crippen molar-refractivity contribution in [2.24, 2.45) is 0 Å². The number of aromatic nitrogens is 1. The van der Waals surface area contributed by atoms with Gasteiger partial charge in [0.1, 0.15) is 5.58 Å². The van der Waals surface area contributed by atoms with Gasteiger partial charge in [-0.25, -0.2) is 0 Å². The van der Waals surface area contributed by atoms with Gasteiger partial charge >= 0.3 is 4.87 Å². The molecule has 0 aliphatic rings. The van der Waals surface area contributed by atoms with Gasteiger partial charge in [0.15, 0.2) is 5.76 Å². The number of hydrogen-bond donors (Lipinski definition) is 0. The number of furan rings is 1. The maximum atomic E-state index is 12.1. The second-order valence-electron chi connectivity index (χ2n) is 4.30. The molecule has 0 atom stereocenters. The van der Waals surface area contributed by atoms with Gasteiger partial charge in [-0.05, 0) is 19.1 Å². The van der Waals surface area contributed by atoms with Crippen molar-refractivity contribution in [1.82, 2.24) is 4.57 Å². The van der Waals surface area contributed by atoms with E-state index in [4.69, 9.17) is 4.42 Å². The first-order valence-corrected chi connectivity index (χ1v) is 6.70. The highest BCUT2D eigenvalue weighted by atomic mass is 32.1. The first-order chi connectivity index (χ1) is 9.15. The van der Waals surface area contributed by atoms with E-state index in [1.807, 2.05) is 31.2 Å². The van der Waals surface area contributed by atoms with Gasteiger partial charge in [-0.15, -0.1) is 0 Å². The van der Waals surface area contributed by atoms with Crippen molar-refractivity contribution < 1.29 is 9.21 Å². The van der Waals surface area contributed by atoms with Crippen LogP contribution in [0, 0.1) is 6.92 Å². The fourth-order valence-electron chi connectivity index (χ4n) is 1.94. The fraction of sp³-hybridized carbons (Fsp3) is 0.143. The van der Waals surface area contributed by atoms with Crippen molar-refractivity contribution >= 4 is 28.1 Å². The van der Waals surface area contributed by atoms with Gasteiger partial charge in [-0.1, -0.05) is 29.5 Å². The Labute approximate surface area is 112 Å². The molecule has 0 unspecified atom stereocenters. The van der Waals surface area contributed by atoms with E-state index in [9.17, 15) is 9.59 Å². The third-order valence-corrected chi connectivity index (χ3v) is 3.86. The number of carbonyl (C=O) groups is 1. The zero-order valence-corrected chi connectivity index (χ0v) is 11.1. The van der Waals surface area contributed by atoms with Crippen LogP contribution in [0.25, 0.3) is 11.0 Å². The lowest BCUT2D eigenvalue weighted by atomic mass is 10.2. The molecule has 3 aromatic rings. The molecule has 0 saturated heterocycles. The number of carbonyl (C=O) groups excluding carboxylic acids is 1. The summed E-state index contributed by atoms with van der Waals surface area (Å²) in [6.45, 7) is 1.83. The predicted molar refractivity (Wildman–Crippen MR) is 73.9 cm³/mol. The topological polar surface area (TPSA) is 52.2 Å². The highest BCUT2D eigenvalue weighted by Gasteiger charge is 2.14. The number of rotatable bonds is 3. The molecule has 0 bridgehead atoms. The third kappa shape index (κ3) is 2.13. The van der Waals surface area contributed by atoms with E-state index in [2.05, 4.69) is 0 Å². The minimum Gasteiger partial charge on any atom is -0.453 e. The summed E-state index contributed by atoms with van der Waals surface area (Å²) in [6, 6.07) is 9.16. The lowest BCUT2D eigenvalue weighted by molar-refractivity contribution is 0.0945. The molecule has 0 saturated carbocycles. The van der Waals surface area contributed by atoms with E-state index in [0.29, 0.717) is 11.3 Å². The molecule has 2 aromatic heterocycles. The number of benzene rings is 1. The SMILES string of the molecule is Cc1csc(=O)n1CC(=O)c1cc2ccccc2o1. The Hall–Kier alpha value is -2.14. The Kier molecular flexibility index (Phi) is 2.83. The molecule has 0 aliphatic heterocycles. The number of ketones is 1. The van der Waals surface area contributed by atoms with Crippen LogP contribution in [-0.2, 0) is 6.54 Å². The van der Waals surface area contributed by atoms with Crippen LogP contribution < -0.4 is 4.87 Å². The van der Waals surface area contributed by atoms with Gasteiger partial charge in [0, 0.05) is 16.5 Å². The summed E-state index contributed by atoms with van der Waals surface area (Å²) in [5, 5.41) is 2.63. The molecule has 4 nitrogen and oxygen atoms in total. The number of fused-ring (bicyclic) bond motifs is 1. The van der Waals surface area contributed by atoms with Crippen LogP contribution in [0.15, 0.2) is 44.9 Å². The molecule has 0 aliphatic carbocycles. The quantitative estimate of drug-likeness (QED) is 0.689. The summed E-state index contributed by atoms with van der Waals surface area (Å²) in [7, 11) is 0. The Morgan fingerprint density at radius 3 is 2.84 bits per heavy atom. The normalized spacial score (nSPS) is 11.0. The standard InChI is InChI=1S/C14H11NO3S/c1-9-8-19-14(17)15(9)7-11(16)13-6-10-4-2-3-5-12(10)18-13/h2-6,8H,7H2,1H3. The second-order valence-corrected chi connectivity index (χ2v) is 5.12. The van der Waals surface area contributed by atoms with Gasteiger partial charge in [-0.2, -0.15) is 0 Å². The highest BCUT2D eigenvalue weighted by Crippen LogP contribution is 2.19. The van der Waals surface area contributed by atoms with Crippen LogP contribution in [0.2, 0.25) is 0 Å². The number of hydrogen-bond acceptors (Lipinski definition) is 4. The van der Waals surface area contributed by atoms with Crippen LogP contribution in [0.1, 0.15) is 16.2 Å². The molecule has 0 fully saturated rings. The molecule has 1 aromatic carbocycles. The lowest BCUT2D eigenvalue weighted by Crippen LogP contribution is -2.20. The van der Waals surface area contributed by atoms with E-state index >= 15 is 0 Å². The first-order valence-electron chi connectivity index (χ1n) is 5.82. The van der Waals surface area contributed by atoms with Crippen molar-refractivity contribution in [2.45, 2.75) is 13.5 Å². The summed E-state index contributed by atoms with van der Waals surface area (Å²) in [5.74, 6) is 0.0958. The van der Waals surface area contributed by atoms with Gasteiger partial charge < -0.3 is 4.42 Å². The maximum absolute atomic E-state index is 12.1. The molecule has 0 amide bonds. The van der Waals surface area contributed by atoms with Crippen LogP contribution in [0.3, 0.4) is 0 Å². The largest absolute Gasteiger partial charge is 0.453 e. The Bertz CT molecular complexity index is 776. The number of nitrogens with zero attached hydrogens (tertiary/aromatic N) is 1. The molecule has 96 valence electrons. The second kappa shape index (κ2) is 4.51. The van der Waals surface area contributed by atoms with Gasteiger partial charge in [0.25, 0.3) is 0 Å². The zero-order chi connectivity index (χ0) is 13.4. The summed E-state index contributed by atoms with van der Waals surface area (Å²) in [5.41, 5.74) is 1.47. The number of thiazole rings is 1. The molecule has 0 N–H and O–H groups in total. The van der Waals surface area contributed by atoms with Gasteiger partial charge in [-0.3, -0.25) is 14.2 Å². The van der Waals surface area contributed by atoms with Crippen LogP contribution in [0.5, 0.6) is 0 Å². The van der Waals surface area contributed by atoms with Gasteiger partial charge in [0.2, 0.25) is 5.78 Å². The molecule has 0 radical (unpaired) electrons. The van der Waals surface area contributed by atoms with Crippen molar-refractivity contribution in [3.8, 4) is 0 Å². The molecule has 19 heavy (non-hydrogen) atoms. The Balaban J connectivity index is 1.94. The maximum Gasteiger partial charge on any atom is 0.307 e. The Morgan fingerprint density at radius 1 is 1.37 bits per heavy atom. The fourth-order valence-corrected chi connectivity index (χ4v) is 2.67. The average molecular weight is 273 g/mol. The van der Waals surface area contributed by atoms with E-state index in [1.165, 1.54) is 4.57 Å². The molecule has 5 heteroatoms. The van der Waals surface area contributed by atoms with Crippen molar-refractivity contribution in [1.29, 1.82) is 0 Å². The lowest BCUT2D eigenvalue weighted by Gasteiger charge is -2.00. The highest BCUT2D eigenvalue weighted by molar-refractivity contribution is 7.07. The minimum atomic E-state index is -0.195. The number of para-hydroxylation sites is 1. The first kappa shape index (κ1) is 11.9. The molecule has 0 spiro atoms. The monoisotopic (exact) mass is 273 g/mol. The summed E-state index contributed by atoms with van der Waals surface area (Å²) >= 11 is 1.10. The summed E-state index contributed by atoms with van der Waals surface area (Å²) in [4.78, 5) is 23.6. The molecular weight excluding hydrogens is 262 g/mol. The van der Waals surface area contributed by atoms with E-state index in [0.717, 1.165) is 22.4 Å². The Morgan fingerprint density at radius 2 is 2.16 bits per heavy atom. The molecular formula is C14H11NO3S. The van der Waals surface area contributed by atoms with E-state index in [1.54, 1.807) is 11.4 Å². The number of aryl methyl sites for hydroxylation is 1. The predicted octanol–water partition coefficient (Wildman–Crippen LogP) is 2.85.